The highest BCUT2D eigenvalue weighted by molar-refractivity contribution is 6.32. The van der Waals surface area contributed by atoms with Crippen LogP contribution in [0, 0.1) is 6.92 Å². The predicted molar refractivity (Wildman–Crippen MR) is 108 cm³/mol. The summed E-state index contributed by atoms with van der Waals surface area (Å²) in [7, 11) is 3.23. The van der Waals surface area contributed by atoms with Crippen molar-refractivity contribution in [3.8, 4) is 11.5 Å². The average molecular weight is 389 g/mol. The molecular weight excluding hydrogens is 364 g/mol. The topological polar surface area (TPSA) is 42.0 Å². The number of aryl methyl sites for hydroxylation is 1. The number of piperazine rings is 1. The van der Waals surface area contributed by atoms with Crippen LogP contribution >= 0.6 is 11.6 Å². The minimum atomic E-state index is 0.171. The molecule has 0 unspecified atom stereocenters. The Labute approximate surface area is 165 Å². The monoisotopic (exact) mass is 388 g/mol. The molecule has 0 atom stereocenters. The Morgan fingerprint density at radius 3 is 2.33 bits per heavy atom. The van der Waals surface area contributed by atoms with Crippen molar-refractivity contribution in [2.24, 2.45) is 0 Å². The van der Waals surface area contributed by atoms with Crippen molar-refractivity contribution in [3.05, 3.63) is 52.5 Å². The summed E-state index contributed by atoms with van der Waals surface area (Å²) in [5, 5.41) is 0.519. The number of methoxy groups -OCH3 is 2. The van der Waals surface area contributed by atoms with E-state index >= 15 is 0 Å². The van der Waals surface area contributed by atoms with Crippen molar-refractivity contribution in [1.29, 1.82) is 0 Å². The zero-order valence-electron chi connectivity index (χ0n) is 16.0. The summed E-state index contributed by atoms with van der Waals surface area (Å²) in [6, 6.07) is 11.7. The highest BCUT2D eigenvalue weighted by Crippen LogP contribution is 2.38. The lowest BCUT2D eigenvalue weighted by Gasteiger charge is -2.37. The standard InChI is InChI=1S/C21H25ClN2O3/c1-15-6-4-5-7-16(15)12-21(25)24-10-8-23(9-11-24)18-14-19(26-2)17(22)13-20(18)27-3/h4-7,13-14H,8-12H2,1-3H3. The molecule has 27 heavy (non-hydrogen) atoms. The van der Waals surface area contributed by atoms with E-state index in [-0.39, 0.29) is 5.91 Å². The van der Waals surface area contributed by atoms with Crippen LogP contribution in [0.3, 0.4) is 0 Å². The zero-order chi connectivity index (χ0) is 19.4. The maximum Gasteiger partial charge on any atom is 0.227 e. The van der Waals surface area contributed by atoms with E-state index in [4.69, 9.17) is 21.1 Å². The summed E-state index contributed by atoms with van der Waals surface area (Å²) >= 11 is 6.20. The molecule has 3 rings (SSSR count). The molecule has 5 nitrogen and oxygen atoms in total. The fourth-order valence-electron chi connectivity index (χ4n) is 3.37. The van der Waals surface area contributed by atoms with Crippen LogP contribution in [-0.2, 0) is 11.2 Å². The van der Waals surface area contributed by atoms with Gasteiger partial charge >= 0.3 is 0 Å². The molecule has 144 valence electrons. The molecule has 1 amide bonds. The van der Waals surface area contributed by atoms with E-state index in [0.717, 1.165) is 29.9 Å². The van der Waals surface area contributed by atoms with Gasteiger partial charge in [0.1, 0.15) is 11.5 Å². The fraction of sp³-hybridized carbons (Fsp3) is 0.381. The number of ether oxygens (including phenoxy) is 2. The molecule has 0 aliphatic carbocycles. The lowest BCUT2D eigenvalue weighted by atomic mass is 10.1. The van der Waals surface area contributed by atoms with Gasteiger partial charge in [-0.3, -0.25) is 4.79 Å². The largest absolute Gasteiger partial charge is 0.495 e. The van der Waals surface area contributed by atoms with Gasteiger partial charge in [-0.2, -0.15) is 0 Å². The Kier molecular flexibility index (Phi) is 6.11. The molecule has 1 aliphatic heterocycles. The number of nitrogens with zero attached hydrogens (tertiary/aromatic N) is 2. The maximum atomic E-state index is 12.7. The van der Waals surface area contributed by atoms with Crippen molar-refractivity contribution in [2.75, 3.05) is 45.3 Å². The van der Waals surface area contributed by atoms with Gasteiger partial charge in [0.2, 0.25) is 5.91 Å². The van der Waals surface area contributed by atoms with Crippen molar-refractivity contribution < 1.29 is 14.3 Å². The Balaban J connectivity index is 1.67. The molecule has 1 fully saturated rings. The van der Waals surface area contributed by atoms with Crippen molar-refractivity contribution in [3.63, 3.8) is 0 Å². The van der Waals surface area contributed by atoms with Crippen LogP contribution < -0.4 is 14.4 Å². The van der Waals surface area contributed by atoms with E-state index in [9.17, 15) is 4.79 Å². The smallest absolute Gasteiger partial charge is 0.227 e. The van der Waals surface area contributed by atoms with Gasteiger partial charge in [0.05, 0.1) is 31.4 Å². The van der Waals surface area contributed by atoms with Crippen molar-refractivity contribution in [1.82, 2.24) is 4.90 Å². The number of benzene rings is 2. The number of anilines is 1. The quantitative estimate of drug-likeness (QED) is 0.785. The first-order chi connectivity index (χ1) is 13.0. The second kappa shape index (κ2) is 8.53. The van der Waals surface area contributed by atoms with Crippen LogP contribution in [-0.4, -0.2) is 51.2 Å². The van der Waals surface area contributed by atoms with E-state index in [1.807, 2.05) is 42.2 Å². The summed E-state index contributed by atoms with van der Waals surface area (Å²) in [5.74, 6) is 1.50. The normalized spacial score (nSPS) is 14.2. The fourth-order valence-corrected chi connectivity index (χ4v) is 3.60. The lowest BCUT2D eigenvalue weighted by molar-refractivity contribution is -0.130. The van der Waals surface area contributed by atoms with Crippen LogP contribution in [0.25, 0.3) is 0 Å². The maximum absolute atomic E-state index is 12.7. The second-order valence-electron chi connectivity index (χ2n) is 6.63. The number of hydrogen-bond donors (Lipinski definition) is 0. The minimum Gasteiger partial charge on any atom is -0.495 e. The summed E-state index contributed by atoms with van der Waals surface area (Å²) < 4.78 is 10.8. The summed E-state index contributed by atoms with van der Waals surface area (Å²) in [5.41, 5.74) is 3.18. The van der Waals surface area contributed by atoms with E-state index < -0.39 is 0 Å². The van der Waals surface area contributed by atoms with Gasteiger partial charge in [-0.15, -0.1) is 0 Å². The minimum absolute atomic E-state index is 0.171. The van der Waals surface area contributed by atoms with Crippen LogP contribution in [0.5, 0.6) is 11.5 Å². The van der Waals surface area contributed by atoms with Crippen molar-refractivity contribution in [2.45, 2.75) is 13.3 Å². The molecular formula is C21H25ClN2O3. The summed E-state index contributed by atoms with van der Waals surface area (Å²) in [6.45, 7) is 4.87. The first-order valence-corrected chi connectivity index (χ1v) is 9.40. The summed E-state index contributed by atoms with van der Waals surface area (Å²) in [6.07, 6.45) is 0.449. The Bertz CT molecular complexity index is 817. The predicted octanol–water partition coefficient (Wildman–Crippen LogP) is 3.56. The van der Waals surface area contributed by atoms with Gasteiger partial charge in [-0.25, -0.2) is 0 Å². The molecule has 0 bridgehead atoms. The second-order valence-corrected chi connectivity index (χ2v) is 7.04. The van der Waals surface area contributed by atoms with E-state index in [1.165, 1.54) is 0 Å². The van der Waals surface area contributed by atoms with Crippen LogP contribution in [0.4, 0.5) is 5.69 Å². The van der Waals surface area contributed by atoms with Crippen molar-refractivity contribution >= 4 is 23.2 Å². The molecule has 0 radical (unpaired) electrons. The van der Waals surface area contributed by atoms with Crippen LogP contribution in [0.15, 0.2) is 36.4 Å². The zero-order valence-corrected chi connectivity index (χ0v) is 16.8. The number of carbonyl (C=O) groups is 1. The molecule has 1 heterocycles. The third-order valence-electron chi connectivity index (χ3n) is 5.03. The highest BCUT2D eigenvalue weighted by atomic mass is 35.5. The highest BCUT2D eigenvalue weighted by Gasteiger charge is 2.24. The first kappa shape index (κ1) is 19.4. The number of rotatable bonds is 5. The molecule has 6 heteroatoms. The molecule has 0 spiro atoms. The van der Waals surface area contributed by atoms with E-state index in [1.54, 1.807) is 20.3 Å². The molecule has 2 aromatic carbocycles. The van der Waals surface area contributed by atoms with E-state index in [2.05, 4.69) is 4.90 Å². The number of carbonyl (C=O) groups excluding carboxylic acids is 1. The van der Waals surface area contributed by atoms with Gasteiger partial charge in [0.25, 0.3) is 0 Å². The first-order valence-electron chi connectivity index (χ1n) is 9.02. The Morgan fingerprint density at radius 1 is 1.04 bits per heavy atom. The average Bonchev–Trinajstić information content (AvgIpc) is 2.69. The number of amides is 1. The Hall–Kier alpha value is -2.40. The van der Waals surface area contributed by atoms with Gasteiger partial charge in [0, 0.05) is 38.3 Å². The molecule has 2 aromatic rings. The van der Waals surface area contributed by atoms with Crippen LogP contribution in [0.1, 0.15) is 11.1 Å². The third-order valence-corrected chi connectivity index (χ3v) is 5.32. The number of hydrogen-bond acceptors (Lipinski definition) is 4. The molecule has 1 saturated heterocycles. The lowest BCUT2D eigenvalue weighted by Crippen LogP contribution is -2.49. The van der Waals surface area contributed by atoms with Gasteiger partial charge in [0.15, 0.2) is 0 Å². The Morgan fingerprint density at radius 2 is 1.70 bits per heavy atom. The molecule has 1 aliphatic rings. The van der Waals surface area contributed by atoms with E-state index in [0.29, 0.717) is 36.0 Å². The number of halogens is 1. The molecule has 0 aromatic heterocycles. The molecule has 0 saturated carbocycles. The molecule has 0 N–H and O–H groups in total. The van der Waals surface area contributed by atoms with Gasteiger partial charge in [-0.1, -0.05) is 35.9 Å². The van der Waals surface area contributed by atoms with Gasteiger partial charge in [-0.05, 0) is 18.1 Å². The summed E-state index contributed by atoms with van der Waals surface area (Å²) in [4.78, 5) is 16.8. The van der Waals surface area contributed by atoms with Gasteiger partial charge < -0.3 is 19.3 Å². The SMILES string of the molecule is COc1cc(N2CCN(C(=O)Cc3ccccc3C)CC2)c(OC)cc1Cl. The third kappa shape index (κ3) is 4.30. The van der Waals surface area contributed by atoms with Crippen LogP contribution in [0.2, 0.25) is 5.02 Å².